The smallest absolute Gasteiger partial charge is 0.246 e. The molecule has 8 heteroatoms. The third-order valence-corrected chi connectivity index (χ3v) is 6.16. The van der Waals surface area contributed by atoms with Gasteiger partial charge < -0.3 is 5.32 Å². The SMILES string of the molecule is Cc1[nH]ncc1S(=O)(=O)N1CCC(NC(=O)C2CC2)CC1. The summed E-state index contributed by atoms with van der Waals surface area (Å²) in [5, 5.41) is 9.45. The number of aromatic amines is 1. The van der Waals surface area contributed by atoms with Crippen LogP contribution in [-0.4, -0.2) is 48.0 Å². The van der Waals surface area contributed by atoms with E-state index in [0.717, 1.165) is 12.8 Å². The van der Waals surface area contributed by atoms with E-state index in [4.69, 9.17) is 0 Å². The predicted octanol–water partition coefficient (Wildman–Crippen LogP) is 0.397. The molecule has 1 aromatic heterocycles. The Bertz CT molecular complexity index is 628. The minimum absolute atomic E-state index is 0.0926. The van der Waals surface area contributed by atoms with Crippen molar-refractivity contribution in [3.8, 4) is 0 Å². The number of sulfonamides is 1. The molecule has 21 heavy (non-hydrogen) atoms. The number of aromatic nitrogens is 2. The van der Waals surface area contributed by atoms with Crippen molar-refractivity contribution in [3.05, 3.63) is 11.9 Å². The molecule has 1 saturated carbocycles. The first-order valence-corrected chi connectivity index (χ1v) is 8.73. The summed E-state index contributed by atoms with van der Waals surface area (Å²) in [5.74, 6) is 0.322. The highest BCUT2D eigenvalue weighted by Crippen LogP contribution is 2.29. The van der Waals surface area contributed by atoms with Gasteiger partial charge in [0, 0.05) is 25.0 Å². The predicted molar refractivity (Wildman–Crippen MR) is 76.0 cm³/mol. The largest absolute Gasteiger partial charge is 0.353 e. The Morgan fingerprint density at radius 1 is 1.33 bits per heavy atom. The minimum atomic E-state index is -3.48. The molecule has 3 rings (SSSR count). The summed E-state index contributed by atoms with van der Waals surface area (Å²) < 4.78 is 26.5. The van der Waals surface area contributed by atoms with Crippen LogP contribution in [0.2, 0.25) is 0 Å². The highest BCUT2D eigenvalue weighted by molar-refractivity contribution is 7.89. The lowest BCUT2D eigenvalue weighted by atomic mass is 10.1. The summed E-state index contributed by atoms with van der Waals surface area (Å²) in [6.45, 7) is 2.56. The topological polar surface area (TPSA) is 95.2 Å². The number of amides is 1. The minimum Gasteiger partial charge on any atom is -0.353 e. The average Bonchev–Trinajstić information content (AvgIpc) is 3.21. The average molecular weight is 312 g/mol. The third kappa shape index (κ3) is 2.96. The molecule has 2 fully saturated rings. The van der Waals surface area contributed by atoms with Gasteiger partial charge in [0.15, 0.2) is 0 Å². The van der Waals surface area contributed by atoms with Gasteiger partial charge in [0.1, 0.15) is 4.90 Å². The number of rotatable bonds is 4. The van der Waals surface area contributed by atoms with Crippen LogP contribution in [-0.2, 0) is 14.8 Å². The maximum atomic E-state index is 12.5. The number of carbonyl (C=O) groups excluding carboxylic acids is 1. The molecule has 0 radical (unpaired) electrons. The van der Waals surface area contributed by atoms with Gasteiger partial charge in [0.25, 0.3) is 0 Å². The number of nitrogens with one attached hydrogen (secondary N) is 2. The Balaban J connectivity index is 1.60. The van der Waals surface area contributed by atoms with Crippen LogP contribution in [0.3, 0.4) is 0 Å². The van der Waals surface area contributed by atoms with Crippen LogP contribution >= 0.6 is 0 Å². The van der Waals surface area contributed by atoms with Gasteiger partial charge in [-0.1, -0.05) is 0 Å². The first-order valence-electron chi connectivity index (χ1n) is 7.29. The van der Waals surface area contributed by atoms with Crippen molar-refractivity contribution in [1.82, 2.24) is 19.8 Å². The van der Waals surface area contributed by atoms with Crippen LogP contribution in [0.1, 0.15) is 31.4 Å². The second-order valence-corrected chi connectivity index (χ2v) is 7.73. The number of hydrogen-bond acceptors (Lipinski definition) is 4. The van der Waals surface area contributed by atoms with Crippen molar-refractivity contribution < 1.29 is 13.2 Å². The van der Waals surface area contributed by atoms with Gasteiger partial charge in [-0.3, -0.25) is 9.89 Å². The molecular weight excluding hydrogens is 292 g/mol. The number of H-pyrrole nitrogens is 1. The van der Waals surface area contributed by atoms with Crippen molar-refractivity contribution in [2.24, 2.45) is 5.92 Å². The quantitative estimate of drug-likeness (QED) is 0.841. The van der Waals surface area contributed by atoms with Crippen LogP contribution in [0.15, 0.2) is 11.1 Å². The zero-order chi connectivity index (χ0) is 15.0. The van der Waals surface area contributed by atoms with E-state index in [0.29, 0.717) is 31.6 Å². The molecule has 2 N–H and O–H groups in total. The van der Waals surface area contributed by atoms with Crippen molar-refractivity contribution in [2.45, 2.75) is 43.5 Å². The van der Waals surface area contributed by atoms with E-state index in [2.05, 4.69) is 15.5 Å². The number of piperidine rings is 1. The fraction of sp³-hybridized carbons (Fsp3) is 0.692. The summed E-state index contributed by atoms with van der Waals surface area (Å²) in [5.41, 5.74) is 0.555. The summed E-state index contributed by atoms with van der Waals surface area (Å²) in [6, 6.07) is 0.0926. The van der Waals surface area contributed by atoms with Crippen molar-refractivity contribution in [3.63, 3.8) is 0 Å². The van der Waals surface area contributed by atoms with E-state index in [1.165, 1.54) is 10.5 Å². The molecule has 0 spiro atoms. The van der Waals surface area contributed by atoms with Gasteiger partial charge in [-0.15, -0.1) is 0 Å². The molecule has 0 bridgehead atoms. The molecule has 0 atom stereocenters. The Kier molecular flexibility index (Phi) is 3.75. The van der Waals surface area contributed by atoms with Gasteiger partial charge in [-0.2, -0.15) is 9.40 Å². The number of hydrogen-bond donors (Lipinski definition) is 2. The molecule has 2 heterocycles. The fourth-order valence-corrected chi connectivity index (χ4v) is 4.23. The maximum Gasteiger partial charge on any atom is 0.246 e. The van der Waals surface area contributed by atoms with E-state index in [1.54, 1.807) is 6.92 Å². The molecule has 1 amide bonds. The highest BCUT2D eigenvalue weighted by Gasteiger charge is 2.34. The molecule has 1 aliphatic heterocycles. The van der Waals surface area contributed by atoms with Gasteiger partial charge in [0.2, 0.25) is 15.9 Å². The molecule has 0 unspecified atom stereocenters. The molecule has 0 aromatic carbocycles. The second-order valence-electron chi connectivity index (χ2n) is 5.82. The van der Waals surface area contributed by atoms with Crippen molar-refractivity contribution in [1.29, 1.82) is 0 Å². The van der Waals surface area contributed by atoms with Crippen molar-refractivity contribution >= 4 is 15.9 Å². The lowest BCUT2D eigenvalue weighted by Crippen LogP contribution is -2.46. The first kappa shape index (κ1) is 14.5. The van der Waals surface area contributed by atoms with Gasteiger partial charge in [-0.25, -0.2) is 8.42 Å². The monoisotopic (exact) mass is 312 g/mol. The standard InChI is InChI=1S/C13H20N4O3S/c1-9-12(8-14-16-9)21(19,20)17-6-4-11(5-7-17)15-13(18)10-2-3-10/h8,10-11H,2-7H2,1H3,(H,14,16)(H,15,18). The molecular formula is C13H20N4O3S. The highest BCUT2D eigenvalue weighted by atomic mass is 32.2. The van der Waals surface area contributed by atoms with Gasteiger partial charge in [-0.05, 0) is 32.6 Å². The molecule has 2 aliphatic rings. The third-order valence-electron chi connectivity index (χ3n) is 4.15. The summed E-state index contributed by atoms with van der Waals surface area (Å²) in [7, 11) is -3.48. The summed E-state index contributed by atoms with van der Waals surface area (Å²) in [6.07, 6.45) is 4.65. The van der Waals surface area contributed by atoms with E-state index in [1.807, 2.05) is 0 Å². The number of nitrogens with zero attached hydrogens (tertiary/aromatic N) is 2. The molecule has 7 nitrogen and oxygen atoms in total. The van der Waals surface area contributed by atoms with Crippen LogP contribution in [0.5, 0.6) is 0 Å². The Morgan fingerprint density at radius 2 is 2.00 bits per heavy atom. The fourth-order valence-electron chi connectivity index (χ4n) is 2.64. The first-order chi connectivity index (χ1) is 9.98. The Labute approximate surface area is 124 Å². The van der Waals surface area contributed by atoms with Gasteiger partial charge >= 0.3 is 0 Å². The summed E-state index contributed by atoms with van der Waals surface area (Å²) >= 11 is 0. The molecule has 1 aliphatic carbocycles. The van der Waals surface area contributed by atoms with Crippen LogP contribution < -0.4 is 5.32 Å². The number of carbonyl (C=O) groups is 1. The van der Waals surface area contributed by atoms with Gasteiger partial charge in [0.05, 0.1) is 11.9 Å². The lowest BCUT2D eigenvalue weighted by molar-refractivity contribution is -0.123. The zero-order valence-electron chi connectivity index (χ0n) is 12.0. The van der Waals surface area contributed by atoms with Crippen LogP contribution in [0.25, 0.3) is 0 Å². The van der Waals surface area contributed by atoms with E-state index in [9.17, 15) is 13.2 Å². The Hall–Kier alpha value is -1.41. The van der Waals surface area contributed by atoms with E-state index >= 15 is 0 Å². The molecule has 116 valence electrons. The zero-order valence-corrected chi connectivity index (χ0v) is 12.8. The van der Waals surface area contributed by atoms with Crippen molar-refractivity contribution in [2.75, 3.05) is 13.1 Å². The second kappa shape index (κ2) is 5.42. The molecule has 1 saturated heterocycles. The normalized spacial score (nSPS) is 21.4. The summed E-state index contributed by atoms with van der Waals surface area (Å²) in [4.78, 5) is 12.0. The van der Waals surface area contributed by atoms with Crippen LogP contribution in [0.4, 0.5) is 0 Å². The Morgan fingerprint density at radius 3 is 2.52 bits per heavy atom. The van der Waals surface area contributed by atoms with E-state index < -0.39 is 10.0 Å². The lowest BCUT2D eigenvalue weighted by Gasteiger charge is -2.31. The van der Waals surface area contributed by atoms with Crippen LogP contribution in [0, 0.1) is 12.8 Å². The molecule has 1 aromatic rings. The van der Waals surface area contributed by atoms with E-state index in [-0.39, 0.29) is 22.8 Å². The maximum absolute atomic E-state index is 12.5. The number of aryl methyl sites for hydroxylation is 1.